The van der Waals surface area contributed by atoms with Crippen LogP contribution in [-0.2, 0) is 4.74 Å². The third-order valence-corrected chi connectivity index (χ3v) is 4.34. The minimum atomic E-state index is 0. The van der Waals surface area contributed by atoms with E-state index in [0.717, 1.165) is 26.2 Å². The van der Waals surface area contributed by atoms with E-state index >= 15 is 0 Å². The molecule has 1 aliphatic heterocycles. The van der Waals surface area contributed by atoms with Crippen molar-refractivity contribution in [1.82, 2.24) is 4.90 Å². The molecule has 112 valence electrons. The van der Waals surface area contributed by atoms with Crippen LogP contribution in [0.15, 0.2) is 4.99 Å². The molecule has 0 aromatic heterocycles. The maximum Gasteiger partial charge on any atom is 0.191 e. The first-order valence-electron chi connectivity index (χ1n) is 7.32. The molecule has 0 spiro atoms. The van der Waals surface area contributed by atoms with E-state index in [1.807, 2.05) is 0 Å². The van der Waals surface area contributed by atoms with Crippen molar-refractivity contribution < 1.29 is 4.74 Å². The molecule has 1 heterocycles. The third-order valence-electron chi connectivity index (χ3n) is 4.34. The second-order valence-electron chi connectivity index (χ2n) is 5.91. The highest BCUT2D eigenvalue weighted by atomic mass is 127. The quantitative estimate of drug-likeness (QED) is 0.463. The predicted molar refractivity (Wildman–Crippen MR) is 90.1 cm³/mol. The summed E-state index contributed by atoms with van der Waals surface area (Å²) in [5.74, 6) is 0.715. The zero-order chi connectivity index (χ0) is 13.0. The summed E-state index contributed by atoms with van der Waals surface area (Å²) >= 11 is 0. The summed E-state index contributed by atoms with van der Waals surface area (Å²) in [6.45, 7) is 7.77. The van der Waals surface area contributed by atoms with Gasteiger partial charge in [0.2, 0.25) is 0 Å². The summed E-state index contributed by atoms with van der Waals surface area (Å²) in [6.07, 6.45) is 6.84. The molecule has 0 aromatic carbocycles. The summed E-state index contributed by atoms with van der Waals surface area (Å²) in [7, 11) is 0. The van der Waals surface area contributed by atoms with E-state index in [4.69, 9.17) is 10.5 Å². The molecule has 1 saturated heterocycles. The highest BCUT2D eigenvalue weighted by molar-refractivity contribution is 14.0. The number of nitrogens with zero attached hydrogens (tertiary/aromatic N) is 2. The van der Waals surface area contributed by atoms with Crippen molar-refractivity contribution in [2.75, 3.05) is 26.2 Å². The van der Waals surface area contributed by atoms with E-state index in [2.05, 4.69) is 23.7 Å². The molecule has 0 aromatic rings. The van der Waals surface area contributed by atoms with Crippen LogP contribution in [0, 0.1) is 5.41 Å². The van der Waals surface area contributed by atoms with Crippen LogP contribution < -0.4 is 5.73 Å². The van der Waals surface area contributed by atoms with E-state index in [1.165, 1.54) is 32.1 Å². The highest BCUT2D eigenvalue weighted by Crippen LogP contribution is 2.44. The number of rotatable bonds is 4. The molecule has 19 heavy (non-hydrogen) atoms. The minimum absolute atomic E-state index is 0. The largest absolute Gasteiger partial charge is 0.375 e. The Labute approximate surface area is 134 Å². The maximum absolute atomic E-state index is 6.11. The molecule has 2 fully saturated rings. The number of aliphatic imine (C=N–C) groups is 1. The van der Waals surface area contributed by atoms with E-state index in [0.29, 0.717) is 11.4 Å². The lowest BCUT2D eigenvalue weighted by molar-refractivity contribution is 0.00511. The second-order valence-corrected chi connectivity index (χ2v) is 5.91. The van der Waals surface area contributed by atoms with Crippen LogP contribution >= 0.6 is 24.0 Å². The van der Waals surface area contributed by atoms with Gasteiger partial charge < -0.3 is 15.4 Å². The summed E-state index contributed by atoms with van der Waals surface area (Å²) in [6, 6.07) is 0. The monoisotopic (exact) mass is 381 g/mol. The fourth-order valence-electron chi connectivity index (χ4n) is 3.07. The van der Waals surface area contributed by atoms with Gasteiger partial charge in [-0.25, -0.2) is 0 Å². The molecule has 1 saturated carbocycles. The minimum Gasteiger partial charge on any atom is -0.375 e. The van der Waals surface area contributed by atoms with Crippen molar-refractivity contribution >= 4 is 29.9 Å². The van der Waals surface area contributed by atoms with Crippen LogP contribution in [0.3, 0.4) is 0 Å². The molecule has 2 aliphatic rings. The van der Waals surface area contributed by atoms with Crippen LogP contribution in [0.5, 0.6) is 0 Å². The molecule has 2 N–H and O–H groups in total. The average molecular weight is 381 g/mol. The number of hydrogen-bond acceptors (Lipinski definition) is 2. The van der Waals surface area contributed by atoms with Gasteiger partial charge >= 0.3 is 0 Å². The van der Waals surface area contributed by atoms with Crippen molar-refractivity contribution in [3.63, 3.8) is 0 Å². The Balaban J connectivity index is 0.00000180. The van der Waals surface area contributed by atoms with Crippen LogP contribution in [-0.4, -0.2) is 43.2 Å². The smallest absolute Gasteiger partial charge is 0.191 e. The Kier molecular flexibility index (Phi) is 6.86. The lowest BCUT2D eigenvalue weighted by Crippen LogP contribution is -2.48. The number of nitrogens with two attached hydrogens (primary N) is 1. The number of ether oxygens (including phenoxy) is 1. The van der Waals surface area contributed by atoms with E-state index < -0.39 is 0 Å². The number of morpholine rings is 1. The van der Waals surface area contributed by atoms with Crippen LogP contribution in [0.4, 0.5) is 0 Å². The molecule has 0 bridgehead atoms. The average Bonchev–Trinajstić information content (AvgIpc) is 2.32. The normalized spacial score (nSPS) is 26.5. The molecular formula is C14H28IN3O. The van der Waals surface area contributed by atoms with Crippen molar-refractivity contribution in [1.29, 1.82) is 0 Å². The zero-order valence-electron chi connectivity index (χ0n) is 12.2. The predicted octanol–water partition coefficient (Wildman–Crippen LogP) is 2.61. The first-order valence-corrected chi connectivity index (χ1v) is 7.32. The van der Waals surface area contributed by atoms with E-state index in [9.17, 15) is 0 Å². The summed E-state index contributed by atoms with van der Waals surface area (Å²) in [4.78, 5) is 6.82. The molecule has 5 heteroatoms. The summed E-state index contributed by atoms with van der Waals surface area (Å²) < 4.78 is 5.52. The zero-order valence-corrected chi connectivity index (χ0v) is 14.6. The van der Waals surface area contributed by atoms with Crippen molar-refractivity contribution in [3.05, 3.63) is 0 Å². The Bertz CT molecular complexity index is 305. The van der Waals surface area contributed by atoms with Gasteiger partial charge in [-0.3, -0.25) is 4.99 Å². The lowest BCUT2D eigenvalue weighted by Gasteiger charge is -2.41. The number of halogens is 1. The van der Waals surface area contributed by atoms with Gasteiger partial charge in [0.1, 0.15) is 0 Å². The Morgan fingerprint density at radius 1 is 1.47 bits per heavy atom. The Morgan fingerprint density at radius 3 is 2.74 bits per heavy atom. The van der Waals surface area contributed by atoms with Gasteiger partial charge in [0, 0.05) is 19.6 Å². The van der Waals surface area contributed by atoms with Gasteiger partial charge in [0.15, 0.2) is 5.96 Å². The molecule has 0 radical (unpaired) electrons. The van der Waals surface area contributed by atoms with Crippen molar-refractivity contribution in [2.24, 2.45) is 16.1 Å². The first kappa shape index (κ1) is 17.0. The topological polar surface area (TPSA) is 50.8 Å². The van der Waals surface area contributed by atoms with Gasteiger partial charge in [-0.1, -0.05) is 19.8 Å². The number of guanidine groups is 1. The Hall–Kier alpha value is -0.0400. The van der Waals surface area contributed by atoms with Gasteiger partial charge in [-0.15, -0.1) is 24.0 Å². The van der Waals surface area contributed by atoms with E-state index in [1.54, 1.807) is 0 Å². The SMILES string of the molecule is CCCC1(CN=C(N)N2CCOC(C)C2)CCC1.I. The maximum atomic E-state index is 6.11. The molecule has 0 amide bonds. The molecule has 4 nitrogen and oxygen atoms in total. The fraction of sp³-hybridized carbons (Fsp3) is 0.929. The highest BCUT2D eigenvalue weighted by Gasteiger charge is 2.35. The molecule has 1 atom stereocenters. The standard InChI is InChI=1S/C14H27N3O.HI/c1-3-5-14(6-4-7-14)11-16-13(15)17-8-9-18-12(2)10-17;/h12H,3-11H2,1-2H3,(H2,15,16);1H. The van der Waals surface area contributed by atoms with Crippen molar-refractivity contribution in [2.45, 2.75) is 52.1 Å². The van der Waals surface area contributed by atoms with Gasteiger partial charge in [0.05, 0.1) is 12.7 Å². The molecule has 1 aliphatic carbocycles. The summed E-state index contributed by atoms with van der Waals surface area (Å²) in [5.41, 5.74) is 6.58. The van der Waals surface area contributed by atoms with E-state index in [-0.39, 0.29) is 30.1 Å². The van der Waals surface area contributed by atoms with Gasteiger partial charge in [-0.2, -0.15) is 0 Å². The van der Waals surface area contributed by atoms with Crippen LogP contribution in [0.2, 0.25) is 0 Å². The molecular weight excluding hydrogens is 353 g/mol. The fourth-order valence-corrected chi connectivity index (χ4v) is 3.07. The van der Waals surface area contributed by atoms with Crippen LogP contribution in [0.1, 0.15) is 46.0 Å². The van der Waals surface area contributed by atoms with Gasteiger partial charge in [0.25, 0.3) is 0 Å². The third kappa shape index (κ3) is 4.48. The number of hydrogen-bond donors (Lipinski definition) is 1. The Morgan fingerprint density at radius 2 is 2.21 bits per heavy atom. The molecule has 1 unspecified atom stereocenters. The van der Waals surface area contributed by atoms with Crippen LogP contribution in [0.25, 0.3) is 0 Å². The molecule has 2 rings (SSSR count). The second kappa shape index (κ2) is 7.67. The first-order chi connectivity index (χ1) is 8.65. The van der Waals surface area contributed by atoms with Crippen molar-refractivity contribution in [3.8, 4) is 0 Å². The summed E-state index contributed by atoms with van der Waals surface area (Å²) in [5, 5.41) is 0. The lowest BCUT2D eigenvalue weighted by atomic mass is 9.66. The van der Waals surface area contributed by atoms with Gasteiger partial charge in [-0.05, 0) is 31.6 Å².